The number of rotatable bonds is 2. The number of hydrogen-bond donors (Lipinski definition) is 0. The molecule has 0 bridgehead atoms. The third-order valence-corrected chi connectivity index (χ3v) is 6.21. The Morgan fingerprint density at radius 3 is 2.35 bits per heavy atom. The second-order valence-electron chi connectivity index (χ2n) is 4.04. The minimum absolute atomic E-state index is 0.341. The van der Waals surface area contributed by atoms with E-state index in [0.29, 0.717) is 22.5 Å². The molecule has 0 saturated carbocycles. The average Bonchev–Trinajstić information content (AvgIpc) is 2.33. The summed E-state index contributed by atoms with van der Waals surface area (Å²) in [7, 11) is -3.36. The van der Waals surface area contributed by atoms with Crippen molar-refractivity contribution in [3.8, 4) is 0 Å². The highest BCUT2D eigenvalue weighted by Gasteiger charge is 2.27. The van der Waals surface area contributed by atoms with Gasteiger partial charge in [-0.2, -0.15) is 4.31 Å². The van der Waals surface area contributed by atoms with Crippen molar-refractivity contribution in [1.29, 1.82) is 0 Å². The Morgan fingerprint density at radius 1 is 1.06 bits per heavy atom. The standard InChI is InChI=1S/C11H13Br2NO2S/c12-9-4-5-10(13)11(8-9)17(15,16)14-6-2-1-3-7-14/h4-5,8H,1-3,6-7H2. The monoisotopic (exact) mass is 381 g/mol. The van der Waals surface area contributed by atoms with E-state index in [2.05, 4.69) is 31.9 Å². The first-order chi connectivity index (χ1) is 8.01. The SMILES string of the molecule is O=S(=O)(c1cc(Br)ccc1Br)N1CCCCC1. The summed E-state index contributed by atoms with van der Waals surface area (Å²) in [5.74, 6) is 0. The molecule has 0 amide bonds. The van der Waals surface area contributed by atoms with E-state index in [9.17, 15) is 8.42 Å². The fourth-order valence-electron chi connectivity index (χ4n) is 1.92. The van der Waals surface area contributed by atoms with Gasteiger partial charge in [-0.1, -0.05) is 22.4 Å². The normalized spacial score (nSPS) is 18.2. The molecule has 1 fully saturated rings. The minimum Gasteiger partial charge on any atom is -0.207 e. The predicted molar refractivity (Wildman–Crippen MR) is 74.5 cm³/mol. The Bertz CT molecular complexity index is 510. The van der Waals surface area contributed by atoms with Crippen LogP contribution in [-0.2, 0) is 10.0 Å². The summed E-state index contributed by atoms with van der Waals surface area (Å²) >= 11 is 6.62. The first-order valence-corrected chi connectivity index (χ1v) is 8.49. The zero-order valence-corrected chi connectivity index (χ0v) is 13.2. The van der Waals surface area contributed by atoms with E-state index >= 15 is 0 Å². The highest BCUT2D eigenvalue weighted by molar-refractivity contribution is 9.11. The van der Waals surface area contributed by atoms with Crippen LogP contribution in [0.15, 0.2) is 32.0 Å². The molecule has 0 unspecified atom stereocenters. The van der Waals surface area contributed by atoms with Crippen molar-refractivity contribution in [2.45, 2.75) is 24.2 Å². The van der Waals surface area contributed by atoms with Gasteiger partial charge in [-0.15, -0.1) is 0 Å². The molecule has 1 saturated heterocycles. The zero-order chi connectivity index (χ0) is 12.5. The second kappa shape index (κ2) is 5.38. The highest BCUT2D eigenvalue weighted by atomic mass is 79.9. The Morgan fingerprint density at radius 2 is 1.71 bits per heavy atom. The Balaban J connectivity index is 2.40. The van der Waals surface area contributed by atoms with Gasteiger partial charge in [0.1, 0.15) is 0 Å². The van der Waals surface area contributed by atoms with Crippen LogP contribution >= 0.6 is 31.9 Å². The molecule has 0 N–H and O–H groups in total. The molecule has 0 aromatic heterocycles. The maximum absolute atomic E-state index is 12.4. The molecule has 0 aliphatic carbocycles. The van der Waals surface area contributed by atoms with Gasteiger partial charge in [-0.3, -0.25) is 0 Å². The molecule has 6 heteroatoms. The number of halogens is 2. The maximum atomic E-state index is 12.4. The maximum Gasteiger partial charge on any atom is 0.244 e. The van der Waals surface area contributed by atoms with Crippen molar-refractivity contribution in [1.82, 2.24) is 4.31 Å². The van der Waals surface area contributed by atoms with Crippen LogP contribution in [0.3, 0.4) is 0 Å². The second-order valence-corrected chi connectivity index (χ2v) is 7.72. The van der Waals surface area contributed by atoms with Gasteiger partial charge in [0.2, 0.25) is 10.0 Å². The van der Waals surface area contributed by atoms with Gasteiger partial charge >= 0.3 is 0 Å². The first-order valence-electron chi connectivity index (χ1n) is 5.47. The number of sulfonamides is 1. The van der Waals surface area contributed by atoms with Crippen LogP contribution in [-0.4, -0.2) is 25.8 Å². The molecular weight excluding hydrogens is 370 g/mol. The quantitative estimate of drug-likeness (QED) is 0.786. The Kier molecular flexibility index (Phi) is 4.28. The summed E-state index contributed by atoms with van der Waals surface area (Å²) in [6.45, 7) is 1.25. The fraction of sp³-hybridized carbons (Fsp3) is 0.455. The fourth-order valence-corrected chi connectivity index (χ4v) is 4.90. The lowest BCUT2D eigenvalue weighted by Gasteiger charge is -2.26. The molecular formula is C11H13Br2NO2S. The van der Waals surface area contributed by atoms with Gasteiger partial charge in [0.25, 0.3) is 0 Å². The highest BCUT2D eigenvalue weighted by Crippen LogP contribution is 2.29. The van der Waals surface area contributed by atoms with Crippen LogP contribution in [0, 0.1) is 0 Å². The number of piperidine rings is 1. The molecule has 1 aromatic rings. The van der Waals surface area contributed by atoms with Gasteiger partial charge in [-0.05, 0) is 47.0 Å². The Hall–Kier alpha value is 0.0900. The van der Waals surface area contributed by atoms with Crippen LogP contribution in [0.4, 0.5) is 0 Å². The molecule has 1 heterocycles. The van der Waals surface area contributed by atoms with E-state index in [0.717, 1.165) is 23.7 Å². The summed E-state index contributed by atoms with van der Waals surface area (Å²) in [5, 5.41) is 0. The zero-order valence-electron chi connectivity index (χ0n) is 9.20. The lowest BCUT2D eigenvalue weighted by Crippen LogP contribution is -2.35. The van der Waals surface area contributed by atoms with Gasteiger partial charge in [0.15, 0.2) is 0 Å². The molecule has 94 valence electrons. The van der Waals surface area contributed by atoms with Crippen molar-refractivity contribution in [3.63, 3.8) is 0 Å². The molecule has 2 rings (SSSR count). The molecule has 3 nitrogen and oxygen atoms in total. The van der Waals surface area contributed by atoms with E-state index in [-0.39, 0.29) is 0 Å². The van der Waals surface area contributed by atoms with Crippen LogP contribution in [0.2, 0.25) is 0 Å². The number of nitrogens with zero attached hydrogens (tertiary/aromatic N) is 1. The largest absolute Gasteiger partial charge is 0.244 e. The molecule has 0 radical (unpaired) electrons. The van der Waals surface area contributed by atoms with Crippen LogP contribution in [0.5, 0.6) is 0 Å². The van der Waals surface area contributed by atoms with Crippen LogP contribution < -0.4 is 0 Å². The predicted octanol–water partition coefficient (Wildman–Crippen LogP) is 3.39. The van der Waals surface area contributed by atoms with Crippen LogP contribution in [0.1, 0.15) is 19.3 Å². The summed E-state index contributed by atoms with van der Waals surface area (Å²) in [5.41, 5.74) is 0. The molecule has 0 atom stereocenters. The van der Waals surface area contributed by atoms with Crippen LogP contribution in [0.25, 0.3) is 0 Å². The topological polar surface area (TPSA) is 37.4 Å². The number of benzene rings is 1. The summed E-state index contributed by atoms with van der Waals surface area (Å²) in [6.07, 6.45) is 3.02. The van der Waals surface area contributed by atoms with E-state index in [1.807, 2.05) is 6.07 Å². The minimum atomic E-state index is -3.36. The van der Waals surface area contributed by atoms with E-state index in [1.165, 1.54) is 0 Å². The molecule has 1 aliphatic rings. The van der Waals surface area contributed by atoms with Crippen molar-refractivity contribution >= 4 is 41.9 Å². The first kappa shape index (κ1) is 13.5. The van der Waals surface area contributed by atoms with E-state index in [4.69, 9.17) is 0 Å². The average molecular weight is 383 g/mol. The van der Waals surface area contributed by atoms with Gasteiger partial charge in [0, 0.05) is 22.0 Å². The third-order valence-electron chi connectivity index (χ3n) is 2.83. The van der Waals surface area contributed by atoms with Gasteiger partial charge < -0.3 is 0 Å². The van der Waals surface area contributed by atoms with Crippen molar-refractivity contribution in [3.05, 3.63) is 27.1 Å². The third kappa shape index (κ3) is 2.92. The van der Waals surface area contributed by atoms with Crippen molar-refractivity contribution in [2.24, 2.45) is 0 Å². The molecule has 1 aromatic carbocycles. The molecule has 1 aliphatic heterocycles. The van der Waals surface area contributed by atoms with Gasteiger partial charge in [-0.25, -0.2) is 8.42 Å². The van der Waals surface area contributed by atoms with Gasteiger partial charge in [0.05, 0.1) is 4.90 Å². The van der Waals surface area contributed by atoms with E-state index < -0.39 is 10.0 Å². The lowest BCUT2D eigenvalue weighted by atomic mass is 10.2. The van der Waals surface area contributed by atoms with E-state index in [1.54, 1.807) is 16.4 Å². The number of hydrogen-bond acceptors (Lipinski definition) is 2. The van der Waals surface area contributed by atoms with Crippen molar-refractivity contribution in [2.75, 3.05) is 13.1 Å². The van der Waals surface area contributed by atoms with Crippen molar-refractivity contribution < 1.29 is 8.42 Å². The summed E-state index contributed by atoms with van der Waals surface area (Å²) in [4.78, 5) is 0.341. The smallest absolute Gasteiger partial charge is 0.207 e. The summed E-state index contributed by atoms with van der Waals surface area (Å²) < 4.78 is 27.8. The lowest BCUT2D eigenvalue weighted by molar-refractivity contribution is 0.346. The molecule has 0 spiro atoms. The summed E-state index contributed by atoms with van der Waals surface area (Å²) in [6, 6.07) is 5.22. The Labute approximate surface area is 119 Å². The molecule has 17 heavy (non-hydrogen) atoms.